The summed E-state index contributed by atoms with van der Waals surface area (Å²) in [7, 11) is 0. The molecule has 0 heterocycles. The zero-order chi connectivity index (χ0) is 16.2. The average Bonchev–Trinajstić information content (AvgIpc) is 2.58. The molecule has 0 spiro atoms. The first-order valence-electron chi connectivity index (χ1n) is 7.13. The maximum atomic E-state index is 7.35. The second-order valence-electron chi connectivity index (χ2n) is 5.06. The average molecular weight is 320 g/mol. The summed E-state index contributed by atoms with van der Waals surface area (Å²) in [5.41, 5.74) is 6.98. The maximum Gasteiger partial charge on any atom is 0.140 e. The normalized spacial score (nSPS) is 11.4. The molecule has 0 bridgehead atoms. The van der Waals surface area contributed by atoms with Crippen LogP contribution in [0.4, 0.5) is 0 Å². The second kappa shape index (κ2) is 6.58. The van der Waals surface area contributed by atoms with Crippen molar-refractivity contribution < 1.29 is 4.74 Å². The summed E-state index contributed by atoms with van der Waals surface area (Å²) >= 11 is 4.48. The number of fused-ring (bicyclic) bond motifs is 1. The highest BCUT2D eigenvalue weighted by Gasteiger charge is 2.06. The van der Waals surface area contributed by atoms with Gasteiger partial charge in [0, 0.05) is 22.9 Å². The molecule has 114 valence electrons. The molecule has 23 heavy (non-hydrogen) atoms. The minimum Gasteiger partial charge on any atom is -0.456 e. The van der Waals surface area contributed by atoms with E-state index in [1.54, 1.807) is 0 Å². The Kier molecular flexibility index (Phi) is 4.35. The number of hydrogen-bond donors (Lipinski definition) is 3. The zero-order valence-electron chi connectivity index (χ0n) is 12.4. The molecule has 0 unspecified atom stereocenters. The van der Waals surface area contributed by atoms with Crippen molar-refractivity contribution in [1.29, 1.82) is 5.41 Å². The molecule has 0 aromatic heterocycles. The highest BCUT2D eigenvalue weighted by atomic mass is 32.1. The van der Waals surface area contributed by atoms with Crippen LogP contribution in [-0.2, 0) is 0 Å². The SMILES string of the molecule is N=C/C(=C\N)c1ccc(Oc2ccc3ccccc3c2)c(S)c1. The van der Waals surface area contributed by atoms with Gasteiger partial charge in [0.1, 0.15) is 11.5 Å². The second-order valence-corrected chi connectivity index (χ2v) is 5.54. The maximum absolute atomic E-state index is 7.35. The number of thiol groups is 1. The van der Waals surface area contributed by atoms with Gasteiger partial charge in [-0.15, -0.1) is 12.6 Å². The van der Waals surface area contributed by atoms with Gasteiger partial charge in [0.25, 0.3) is 0 Å². The van der Waals surface area contributed by atoms with E-state index >= 15 is 0 Å². The molecule has 0 saturated heterocycles. The van der Waals surface area contributed by atoms with Crippen LogP contribution in [0.2, 0.25) is 0 Å². The van der Waals surface area contributed by atoms with Crippen LogP contribution in [0.15, 0.2) is 71.8 Å². The van der Waals surface area contributed by atoms with Crippen LogP contribution in [0.3, 0.4) is 0 Å². The van der Waals surface area contributed by atoms with Crippen LogP contribution < -0.4 is 10.5 Å². The number of rotatable bonds is 4. The van der Waals surface area contributed by atoms with E-state index < -0.39 is 0 Å². The lowest BCUT2D eigenvalue weighted by molar-refractivity contribution is 0.472. The van der Waals surface area contributed by atoms with E-state index in [0.29, 0.717) is 16.2 Å². The molecule has 0 atom stereocenters. The predicted octanol–water partition coefficient (Wildman–Crippen LogP) is 4.87. The first-order chi connectivity index (χ1) is 11.2. The number of benzene rings is 3. The molecule has 0 amide bonds. The van der Waals surface area contributed by atoms with Crippen LogP contribution in [0.5, 0.6) is 11.5 Å². The molecular formula is C19H16N2OS. The largest absolute Gasteiger partial charge is 0.456 e. The number of nitrogens with one attached hydrogen (secondary N) is 1. The van der Waals surface area contributed by atoms with E-state index in [2.05, 4.69) is 24.8 Å². The van der Waals surface area contributed by atoms with Crippen LogP contribution >= 0.6 is 12.6 Å². The molecule has 0 aliphatic heterocycles. The lowest BCUT2D eigenvalue weighted by Gasteiger charge is -2.11. The predicted molar refractivity (Wildman–Crippen MR) is 98.7 cm³/mol. The summed E-state index contributed by atoms with van der Waals surface area (Å²) in [6, 6.07) is 19.6. The minimum absolute atomic E-state index is 0.637. The van der Waals surface area contributed by atoms with Crippen molar-refractivity contribution in [3.8, 4) is 11.5 Å². The highest BCUT2D eigenvalue weighted by Crippen LogP contribution is 2.31. The van der Waals surface area contributed by atoms with E-state index in [1.165, 1.54) is 17.8 Å². The Morgan fingerprint density at radius 2 is 1.78 bits per heavy atom. The van der Waals surface area contributed by atoms with E-state index in [9.17, 15) is 0 Å². The van der Waals surface area contributed by atoms with Gasteiger partial charge in [-0.2, -0.15) is 0 Å². The summed E-state index contributed by atoms with van der Waals surface area (Å²) in [6.07, 6.45) is 2.62. The fraction of sp³-hybridized carbons (Fsp3) is 0. The van der Waals surface area contributed by atoms with Crippen molar-refractivity contribution in [3.05, 3.63) is 72.4 Å². The summed E-state index contributed by atoms with van der Waals surface area (Å²) in [6.45, 7) is 0. The van der Waals surface area contributed by atoms with Gasteiger partial charge in [0.15, 0.2) is 0 Å². The first-order valence-corrected chi connectivity index (χ1v) is 7.58. The van der Waals surface area contributed by atoms with Crippen molar-refractivity contribution >= 4 is 35.2 Å². The third-order valence-electron chi connectivity index (χ3n) is 3.58. The number of allylic oxidation sites excluding steroid dienone is 1. The summed E-state index contributed by atoms with van der Waals surface area (Å²) in [5, 5.41) is 9.64. The van der Waals surface area contributed by atoms with Crippen LogP contribution in [0.25, 0.3) is 16.3 Å². The Morgan fingerprint density at radius 3 is 2.48 bits per heavy atom. The Morgan fingerprint density at radius 1 is 1.00 bits per heavy atom. The van der Waals surface area contributed by atoms with Gasteiger partial charge >= 0.3 is 0 Å². The molecule has 0 saturated carbocycles. The highest BCUT2D eigenvalue weighted by molar-refractivity contribution is 7.80. The third kappa shape index (κ3) is 3.22. The number of hydrogen-bond acceptors (Lipinski definition) is 4. The summed E-state index contributed by atoms with van der Waals surface area (Å²) in [4.78, 5) is 0.692. The van der Waals surface area contributed by atoms with Crippen molar-refractivity contribution in [1.82, 2.24) is 0 Å². The smallest absolute Gasteiger partial charge is 0.140 e. The topological polar surface area (TPSA) is 59.1 Å². The molecule has 0 aliphatic carbocycles. The van der Waals surface area contributed by atoms with Crippen LogP contribution in [0.1, 0.15) is 5.56 Å². The molecule has 0 fully saturated rings. The summed E-state index contributed by atoms with van der Waals surface area (Å²) in [5.74, 6) is 1.42. The molecule has 3 nitrogen and oxygen atoms in total. The van der Waals surface area contributed by atoms with E-state index in [0.717, 1.165) is 16.7 Å². The monoisotopic (exact) mass is 320 g/mol. The Hall–Kier alpha value is -2.72. The Bertz CT molecular complexity index is 903. The third-order valence-corrected chi connectivity index (χ3v) is 3.93. The van der Waals surface area contributed by atoms with Crippen molar-refractivity contribution in [3.63, 3.8) is 0 Å². The fourth-order valence-electron chi connectivity index (χ4n) is 2.37. The first kappa shape index (κ1) is 15.2. The lowest BCUT2D eigenvalue weighted by atomic mass is 10.1. The molecule has 3 aromatic rings. The minimum atomic E-state index is 0.637. The Balaban J connectivity index is 1.91. The van der Waals surface area contributed by atoms with E-state index in [-0.39, 0.29) is 0 Å². The van der Waals surface area contributed by atoms with Gasteiger partial charge < -0.3 is 15.9 Å². The van der Waals surface area contributed by atoms with E-state index in [1.807, 2.05) is 48.5 Å². The molecular weight excluding hydrogens is 304 g/mol. The van der Waals surface area contributed by atoms with Gasteiger partial charge in [0.05, 0.1) is 0 Å². The standard InChI is InChI=1S/C19H16N2OS/c20-11-16(12-21)15-6-8-18(19(23)10-15)22-17-7-5-13-3-1-2-4-14(13)9-17/h1-12,20,23H,21H2/b16-12+,20-11?. The van der Waals surface area contributed by atoms with Crippen molar-refractivity contribution in [2.24, 2.45) is 5.73 Å². The molecule has 3 rings (SSSR count). The zero-order valence-corrected chi connectivity index (χ0v) is 13.3. The summed E-state index contributed by atoms with van der Waals surface area (Å²) < 4.78 is 5.94. The number of ether oxygens (including phenoxy) is 1. The Labute approximate surface area is 140 Å². The van der Waals surface area contributed by atoms with Gasteiger partial charge in [-0.25, -0.2) is 0 Å². The van der Waals surface area contributed by atoms with Crippen molar-refractivity contribution in [2.75, 3.05) is 0 Å². The van der Waals surface area contributed by atoms with Crippen molar-refractivity contribution in [2.45, 2.75) is 4.90 Å². The molecule has 0 radical (unpaired) electrons. The molecule has 3 N–H and O–H groups in total. The molecule has 4 heteroatoms. The molecule has 0 aliphatic rings. The molecule has 3 aromatic carbocycles. The van der Waals surface area contributed by atoms with E-state index in [4.69, 9.17) is 15.9 Å². The fourth-order valence-corrected chi connectivity index (χ4v) is 2.63. The van der Waals surface area contributed by atoms with Gasteiger partial charge in [-0.3, -0.25) is 0 Å². The van der Waals surface area contributed by atoms with Gasteiger partial charge in [0.2, 0.25) is 0 Å². The van der Waals surface area contributed by atoms with Crippen LogP contribution in [0, 0.1) is 5.41 Å². The lowest BCUT2D eigenvalue weighted by Crippen LogP contribution is -1.92. The quantitative estimate of drug-likeness (QED) is 0.474. The van der Waals surface area contributed by atoms with Crippen LogP contribution in [-0.4, -0.2) is 6.21 Å². The number of nitrogens with two attached hydrogens (primary N) is 1. The van der Waals surface area contributed by atoms with Gasteiger partial charge in [-0.1, -0.05) is 36.4 Å². The van der Waals surface area contributed by atoms with Gasteiger partial charge in [-0.05, 0) is 40.6 Å².